The first kappa shape index (κ1) is 19.6. The second-order valence-electron chi connectivity index (χ2n) is 6.62. The van der Waals surface area contributed by atoms with Gasteiger partial charge in [-0.1, -0.05) is 13.8 Å². The molecule has 1 aliphatic rings. The number of nitrogens with zero attached hydrogens (tertiary/aromatic N) is 2. The third-order valence-corrected chi connectivity index (χ3v) is 4.51. The number of pyridine rings is 1. The summed E-state index contributed by atoms with van der Waals surface area (Å²) < 4.78 is 9.94. The van der Waals surface area contributed by atoms with Crippen LogP contribution in [-0.4, -0.2) is 41.3 Å². The number of methoxy groups -OCH3 is 1. The SMILES string of the molecule is COC(=O)c1cc(C(C)OC(C)=O)cnc1C1=NC(C)(C(C)C)C(=O)N1. The molecule has 0 spiro atoms. The highest BCUT2D eigenvalue weighted by Crippen LogP contribution is 2.28. The van der Waals surface area contributed by atoms with E-state index in [1.54, 1.807) is 13.8 Å². The molecule has 1 aromatic rings. The number of aromatic nitrogens is 1. The number of aliphatic imine (C=N–C) groups is 1. The van der Waals surface area contributed by atoms with Crippen molar-refractivity contribution in [2.75, 3.05) is 7.11 Å². The molecule has 0 saturated heterocycles. The number of carbonyl (C=O) groups excluding carboxylic acids is 3. The van der Waals surface area contributed by atoms with Gasteiger partial charge in [0.05, 0.1) is 12.7 Å². The van der Waals surface area contributed by atoms with E-state index in [9.17, 15) is 14.4 Å². The van der Waals surface area contributed by atoms with Crippen LogP contribution in [0, 0.1) is 5.92 Å². The maximum Gasteiger partial charge on any atom is 0.340 e. The Morgan fingerprint density at radius 3 is 2.42 bits per heavy atom. The van der Waals surface area contributed by atoms with Crippen molar-refractivity contribution in [1.82, 2.24) is 10.3 Å². The summed E-state index contributed by atoms with van der Waals surface area (Å²) in [5.74, 6) is -1.14. The largest absolute Gasteiger partial charge is 0.465 e. The molecule has 2 rings (SSSR count). The predicted molar refractivity (Wildman–Crippen MR) is 93.7 cm³/mol. The van der Waals surface area contributed by atoms with Crippen LogP contribution in [-0.2, 0) is 19.1 Å². The van der Waals surface area contributed by atoms with E-state index in [0.717, 1.165) is 0 Å². The van der Waals surface area contributed by atoms with Crippen molar-refractivity contribution >= 4 is 23.7 Å². The van der Waals surface area contributed by atoms with Gasteiger partial charge in [0, 0.05) is 18.7 Å². The van der Waals surface area contributed by atoms with Crippen LogP contribution < -0.4 is 5.32 Å². The standard InChI is InChI=1S/C18H23N3O5/c1-9(2)18(5)17(24)20-15(21-18)14-13(16(23)25-6)7-12(8-19-14)10(3)26-11(4)22/h7-10H,1-6H3,(H,20,21,24). The number of carbonyl (C=O) groups is 3. The van der Waals surface area contributed by atoms with E-state index < -0.39 is 23.6 Å². The maximum absolute atomic E-state index is 12.3. The van der Waals surface area contributed by atoms with Crippen LogP contribution >= 0.6 is 0 Å². The molecule has 140 valence electrons. The summed E-state index contributed by atoms with van der Waals surface area (Å²) in [4.78, 5) is 44.5. The molecule has 0 radical (unpaired) electrons. The zero-order valence-corrected chi connectivity index (χ0v) is 15.7. The van der Waals surface area contributed by atoms with Gasteiger partial charge >= 0.3 is 11.9 Å². The van der Waals surface area contributed by atoms with E-state index >= 15 is 0 Å². The van der Waals surface area contributed by atoms with Crippen molar-refractivity contribution in [2.45, 2.75) is 46.3 Å². The zero-order valence-electron chi connectivity index (χ0n) is 15.7. The first-order chi connectivity index (χ1) is 12.1. The molecule has 0 bridgehead atoms. The van der Waals surface area contributed by atoms with E-state index in [-0.39, 0.29) is 28.9 Å². The molecule has 2 heterocycles. The molecule has 8 heteroatoms. The third kappa shape index (κ3) is 3.58. The highest BCUT2D eigenvalue weighted by molar-refractivity contribution is 6.17. The Morgan fingerprint density at radius 1 is 1.27 bits per heavy atom. The van der Waals surface area contributed by atoms with E-state index in [4.69, 9.17) is 9.47 Å². The minimum Gasteiger partial charge on any atom is -0.465 e. The fourth-order valence-corrected chi connectivity index (χ4v) is 2.52. The van der Waals surface area contributed by atoms with Crippen molar-refractivity contribution in [3.63, 3.8) is 0 Å². The van der Waals surface area contributed by atoms with Gasteiger partial charge in [-0.2, -0.15) is 0 Å². The molecule has 0 saturated carbocycles. The van der Waals surface area contributed by atoms with Crippen molar-refractivity contribution < 1.29 is 23.9 Å². The lowest BCUT2D eigenvalue weighted by Gasteiger charge is -2.21. The molecule has 1 N–H and O–H groups in total. The van der Waals surface area contributed by atoms with Crippen LogP contribution in [0.4, 0.5) is 0 Å². The number of rotatable bonds is 5. The van der Waals surface area contributed by atoms with Gasteiger partial charge in [0.25, 0.3) is 5.91 Å². The minimum atomic E-state index is -0.936. The van der Waals surface area contributed by atoms with Gasteiger partial charge in [-0.3, -0.25) is 14.6 Å². The number of amides is 1. The summed E-state index contributed by atoms with van der Waals surface area (Å²) in [6.07, 6.45) is 0.897. The number of hydrogen-bond donors (Lipinski definition) is 1. The molecule has 1 amide bonds. The fourth-order valence-electron chi connectivity index (χ4n) is 2.52. The molecule has 8 nitrogen and oxygen atoms in total. The molecular weight excluding hydrogens is 338 g/mol. The van der Waals surface area contributed by atoms with Gasteiger partial charge in [0.2, 0.25) is 0 Å². The molecule has 2 unspecified atom stereocenters. The topological polar surface area (TPSA) is 107 Å². The lowest BCUT2D eigenvalue weighted by atomic mass is 9.89. The Balaban J connectivity index is 2.51. The summed E-state index contributed by atoms with van der Waals surface area (Å²) in [5.41, 5.74) is -0.0565. The van der Waals surface area contributed by atoms with Crippen LogP contribution in [0.1, 0.15) is 62.3 Å². The van der Waals surface area contributed by atoms with E-state index in [1.807, 2.05) is 13.8 Å². The van der Waals surface area contributed by atoms with Crippen molar-refractivity contribution in [3.8, 4) is 0 Å². The Morgan fingerprint density at radius 2 is 1.92 bits per heavy atom. The molecule has 0 fully saturated rings. The van der Waals surface area contributed by atoms with Crippen LogP contribution in [0.3, 0.4) is 0 Å². The fraction of sp³-hybridized carbons (Fsp3) is 0.500. The number of ether oxygens (including phenoxy) is 2. The Labute approximate surface area is 152 Å². The molecule has 2 atom stereocenters. The van der Waals surface area contributed by atoms with Gasteiger partial charge in [-0.15, -0.1) is 0 Å². The van der Waals surface area contributed by atoms with E-state index in [0.29, 0.717) is 5.56 Å². The van der Waals surface area contributed by atoms with Gasteiger partial charge in [-0.05, 0) is 25.8 Å². The second-order valence-corrected chi connectivity index (χ2v) is 6.62. The van der Waals surface area contributed by atoms with Crippen LogP contribution in [0.5, 0.6) is 0 Å². The highest BCUT2D eigenvalue weighted by Gasteiger charge is 2.43. The van der Waals surface area contributed by atoms with Gasteiger partial charge in [0.15, 0.2) is 5.84 Å². The van der Waals surface area contributed by atoms with Gasteiger partial charge in [0.1, 0.15) is 17.3 Å². The molecule has 0 aromatic carbocycles. The van der Waals surface area contributed by atoms with Gasteiger partial charge < -0.3 is 14.8 Å². The average molecular weight is 361 g/mol. The summed E-state index contributed by atoms with van der Waals surface area (Å²) in [6.45, 7) is 8.49. The van der Waals surface area contributed by atoms with Crippen molar-refractivity contribution in [3.05, 3.63) is 29.1 Å². The first-order valence-electron chi connectivity index (χ1n) is 8.27. The normalized spacial score (nSPS) is 20.4. The first-order valence-corrected chi connectivity index (χ1v) is 8.27. The number of hydrogen-bond acceptors (Lipinski definition) is 7. The molecular formula is C18H23N3O5. The summed E-state index contributed by atoms with van der Waals surface area (Å²) >= 11 is 0. The molecule has 1 aromatic heterocycles. The summed E-state index contributed by atoms with van der Waals surface area (Å²) in [5, 5.41) is 2.70. The van der Waals surface area contributed by atoms with Gasteiger partial charge in [-0.25, -0.2) is 9.79 Å². The number of amidine groups is 1. The van der Waals surface area contributed by atoms with Crippen LogP contribution in [0.2, 0.25) is 0 Å². The molecule has 0 aliphatic carbocycles. The third-order valence-electron chi connectivity index (χ3n) is 4.51. The quantitative estimate of drug-likeness (QED) is 0.801. The summed E-state index contributed by atoms with van der Waals surface area (Å²) in [6, 6.07) is 1.53. The Kier molecular flexibility index (Phi) is 5.44. The minimum absolute atomic E-state index is 0.0372. The van der Waals surface area contributed by atoms with Crippen LogP contribution in [0.25, 0.3) is 0 Å². The van der Waals surface area contributed by atoms with E-state index in [2.05, 4.69) is 15.3 Å². The average Bonchev–Trinajstić information content (AvgIpc) is 2.89. The second kappa shape index (κ2) is 7.23. The monoisotopic (exact) mass is 361 g/mol. The summed E-state index contributed by atoms with van der Waals surface area (Å²) in [7, 11) is 1.25. The van der Waals surface area contributed by atoms with Crippen molar-refractivity contribution in [1.29, 1.82) is 0 Å². The zero-order chi connectivity index (χ0) is 19.6. The van der Waals surface area contributed by atoms with Crippen LogP contribution in [0.15, 0.2) is 17.3 Å². The smallest absolute Gasteiger partial charge is 0.340 e. The lowest BCUT2D eigenvalue weighted by Crippen LogP contribution is -2.41. The maximum atomic E-state index is 12.3. The Bertz CT molecular complexity index is 787. The molecule has 1 aliphatic heterocycles. The highest BCUT2D eigenvalue weighted by atomic mass is 16.5. The lowest BCUT2D eigenvalue weighted by molar-refractivity contribution is -0.145. The molecule has 26 heavy (non-hydrogen) atoms. The Hall–Kier alpha value is -2.77. The number of nitrogens with one attached hydrogen (secondary N) is 1. The number of esters is 2. The predicted octanol–water partition coefficient (Wildman–Crippen LogP) is 1.78. The van der Waals surface area contributed by atoms with E-state index in [1.165, 1.54) is 26.3 Å². The van der Waals surface area contributed by atoms with Crippen molar-refractivity contribution in [2.24, 2.45) is 10.9 Å².